The fraction of sp³-hybridized carbons (Fsp3) is 0.0714. The number of carbonyl (C=O) groups is 1. The molecule has 0 saturated heterocycles. The van der Waals surface area contributed by atoms with Crippen LogP contribution in [0.2, 0.25) is 0 Å². The van der Waals surface area contributed by atoms with Crippen LogP contribution in [0.5, 0.6) is 11.5 Å². The Bertz CT molecular complexity index is 660. The zero-order valence-electron chi connectivity index (χ0n) is 11.3. The van der Waals surface area contributed by atoms with Gasteiger partial charge in [0.15, 0.2) is 11.5 Å². The van der Waals surface area contributed by atoms with Gasteiger partial charge >= 0.3 is 13.1 Å². The van der Waals surface area contributed by atoms with Crippen molar-refractivity contribution in [2.24, 2.45) is 0 Å². The van der Waals surface area contributed by atoms with Crippen LogP contribution in [0.1, 0.15) is 10.4 Å². The molecule has 7 heteroatoms. The molecular weight excluding hydrogens is 273 g/mol. The SMILES string of the molecule is COc1ccccc1OC(=O)c1cc(N)cc(B(O)O)c1. The van der Waals surface area contributed by atoms with Gasteiger partial charge in [0.1, 0.15) is 0 Å². The van der Waals surface area contributed by atoms with E-state index in [0.29, 0.717) is 5.75 Å². The Kier molecular flexibility index (Phi) is 4.47. The lowest BCUT2D eigenvalue weighted by Crippen LogP contribution is -2.31. The number of anilines is 1. The molecular formula is C14H14BNO5. The number of carbonyl (C=O) groups excluding carboxylic acids is 1. The normalized spacial score (nSPS) is 10.0. The van der Waals surface area contributed by atoms with Gasteiger partial charge in [-0.2, -0.15) is 0 Å². The van der Waals surface area contributed by atoms with Gasteiger partial charge in [-0.3, -0.25) is 0 Å². The summed E-state index contributed by atoms with van der Waals surface area (Å²) in [6, 6.07) is 10.8. The van der Waals surface area contributed by atoms with E-state index in [0.717, 1.165) is 0 Å². The minimum Gasteiger partial charge on any atom is -0.493 e. The molecule has 2 aromatic rings. The number of esters is 1. The second-order valence-electron chi connectivity index (χ2n) is 4.30. The molecule has 0 aliphatic heterocycles. The van der Waals surface area contributed by atoms with Crippen molar-refractivity contribution >= 4 is 24.2 Å². The molecule has 0 bridgehead atoms. The van der Waals surface area contributed by atoms with Crippen LogP contribution in [0.15, 0.2) is 42.5 Å². The summed E-state index contributed by atoms with van der Waals surface area (Å²) in [6.07, 6.45) is 0. The van der Waals surface area contributed by atoms with Gasteiger partial charge in [0.05, 0.1) is 12.7 Å². The first-order valence-electron chi connectivity index (χ1n) is 6.13. The van der Waals surface area contributed by atoms with Crippen LogP contribution in [0.25, 0.3) is 0 Å². The van der Waals surface area contributed by atoms with Gasteiger partial charge in [0.2, 0.25) is 0 Å². The van der Waals surface area contributed by atoms with E-state index >= 15 is 0 Å². The fourth-order valence-corrected chi connectivity index (χ4v) is 1.81. The van der Waals surface area contributed by atoms with Crippen LogP contribution in [0.4, 0.5) is 5.69 Å². The van der Waals surface area contributed by atoms with Crippen molar-refractivity contribution < 1.29 is 24.3 Å². The third kappa shape index (κ3) is 3.53. The molecule has 0 unspecified atom stereocenters. The quantitative estimate of drug-likeness (QED) is 0.321. The minimum atomic E-state index is -1.72. The predicted molar refractivity (Wildman–Crippen MR) is 78.6 cm³/mol. The Morgan fingerprint density at radius 3 is 2.43 bits per heavy atom. The van der Waals surface area contributed by atoms with Crippen molar-refractivity contribution in [1.82, 2.24) is 0 Å². The monoisotopic (exact) mass is 287 g/mol. The van der Waals surface area contributed by atoms with Crippen molar-refractivity contribution in [2.75, 3.05) is 12.8 Å². The molecule has 108 valence electrons. The molecule has 0 atom stereocenters. The first-order chi connectivity index (χ1) is 10.0. The molecule has 21 heavy (non-hydrogen) atoms. The van der Waals surface area contributed by atoms with Crippen molar-refractivity contribution in [2.45, 2.75) is 0 Å². The molecule has 0 radical (unpaired) electrons. The highest BCUT2D eigenvalue weighted by molar-refractivity contribution is 6.58. The van der Waals surface area contributed by atoms with Gasteiger partial charge in [-0.15, -0.1) is 0 Å². The lowest BCUT2D eigenvalue weighted by atomic mass is 9.79. The number of nitrogens with two attached hydrogens (primary N) is 1. The molecule has 0 spiro atoms. The Morgan fingerprint density at radius 2 is 1.81 bits per heavy atom. The van der Waals surface area contributed by atoms with Crippen LogP contribution in [-0.2, 0) is 0 Å². The maximum absolute atomic E-state index is 12.1. The van der Waals surface area contributed by atoms with Gasteiger partial charge in [-0.1, -0.05) is 12.1 Å². The summed E-state index contributed by atoms with van der Waals surface area (Å²) >= 11 is 0. The zero-order valence-corrected chi connectivity index (χ0v) is 11.3. The molecule has 6 nitrogen and oxygen atoms in total. The Hall–Kier alpha value is -2.51. The molecule has 4 N–H and O–H groups in total. The average Bonchev–Trinajstić information content (AvgIpc) is 2.47. The van der Waals surface area contributed by atoms with E-state index < -0.39 is 13.1 Å². The standard InChI is InChI=1S/C14H14BNO5/c1-20-12-4-2-3-5-13(12)21-14(17)9-6-10(15(18)19)8-11(16)7-9/h2-8,18-19H,16H2,1H3. The topological polar surface area (TPSA) is 102 Å². The zero-order chi connectivity index (χ0) is 15.4. The summed E-state index contributed by atoms with van der Waals surface area (Å²) in [6.45, 7) is 0. The van der Waals surface area contributed by atoms with Gasteiger partial charge in [0, 0.05) is 5.69 Å². The van der Waals surface area contributed by atoms with E-state index in [9.17, 15) is 4.79 Å². The van der Waals surface area contributed by atoms with Crippen LogP contribution in [0, 0.1) is 0 Å². The lowest BCUT2D eigenvalue weighted by molar-refractivity contribution is 0.0730. The Morgan fingerprint density at radius 1 is 1.14 bits per heavy atom. The lowest BCUT2D eigenvalue weighted by Gasteiger charge is -2.10. The van der Waals surface area contributed by atoms with E-state index in [1.165, 1.54) is 25.3 Å². The Labute approximate surface area is 121 Å². The minimum absolute atomic E-state index is 0.113. The maximum Gasteiger partial charge on any atom is 0.488 e. The van der Waals surface area contributed by atoms with Crippen LogP contribution >= 0.6 is 0 Å². The van der Waals surface area contributed by atoms with Gasteiger partial charge in [-0.25, -0.2) is 4.79 Å². The van der Waals surface area contributed by atoms with Crippen molar-refractivity contribution in [3.8, 4) is 11.5 Å². The number of rotatable bonds is 4. The molecule has 0 amide bonds. The Balaban J connectivity index is 2.28. The second kappa shape index (κ2) is 6.30. The maximum atomic E-state index is 12.1. The van der Waals surface area contributed by atoms with E-state index in [1.807, 2.05) is 0 Å². The number of para-hydroxylation sites is 2. The van der Waals surface area contributed by atoms with E-state index in [2.05, 4.69) is 0 Å². The molecule has 0 heterocycles. The number of nitrogen functional groups attached to an aromatic ring is 1. The molecule has 2 rings (SSSR count). The van der Waals surface area contributed by atoms with Crippen LogP contribution in [0.3, 0.4) is 0 Å². The highest BCUT2D eigenvalue weighted by atomic mass is 16.6. The van der Waals surface area contributed by atoms with Gasteiger partial charge in [0.25, 0.3) is 0 Å². The number of benzene rings is 2. The number of methoxy groups -OCH3 is 1. The first-order valence-corrected chi connectivity index (χ1v) is 6.13. The van der Waals surface area contributed by atoms with E-state index in [1.54, 1.807) is 24.3 Å². The largest absolute Gasteiger partial charge is 0.493 e. The molecule has 0 aliphatic carbocycles. The van der Waals surface area contributed by atoms with Crippen LogP contribution in [-0.4, -0.2) is 30.2 Å². The fourth-order valence-electron chi connectivity index (χ4n) is 1.81. The summed E-state index contributed by atoms with van der Waals surface area (Å²) in [7, 11) is -0.251. The summed E-state index contributed by atoms with van der Waals surface area (Å²) in [5, 5.41) is 18.3. The van der Waals surface area contributed by atoms with Crippen LogP contribution < -0.4 is 20.7 Å². The summed E-state index contributed by atoms with van der Waals surface area (Å²) in [5.74, 6) is 0.00407. The number of hydrogen-bond donors (Lipinski definition) is 3. The molecule has 2 aromatic carbocycles. The highest BCUT2D eigenvalue weighted by Crippen LogP contribution is 2.26. The number of ether oxygens (including phenoxy) is 2. The van der Waals surface area contributed by atoms with Crippen molar-refractivity contribution in [1.29, 1.82) is 0 Å². The second-order valence-corrected chi connectivity index (χ2v) is 4.30. The third-order valence-corrected chi connectivity index (χ3v) is 2.78. The highest BCUT2D eigenvalue weighted by Gasteiger charge is 2.17. The third-order valence-electron chi connectivity index (χ3n) is 2.78. The van der Waals surface area contributed by atoms with Gasteiger partial charge in [-0.05, 0) is 35.8 Å². The van der Waals surface area contributed by atoms with Crippen molar-refractivity contribution in [3.05, 3.63) is 48.0 Å². The first kappa shape index (κ1) is 14.9. The van der Waals surface area contributed by atoms with Crippen molar-refractivity contribution in [3.63, 3.8) is 0 Å². The molecule has 0 fully saturated rings. The number of hydrogen-bond acceptors (Lipinski definition) is 6. The molecule has 0 saturated carbocycles. The summed E-state index contributed by atoms with van der Waals surface area (Å²) in [5.41, 5.74) is 6.09. The molecule has 0 aliphatic rings. The smallest absolute Gasteiger partial charge is 0.488 e. The predicted octanol–water partition coefficient (Wildman–Crippen LogP) is 0.176. The summed E-state index contributed by atoms with van der Waals surface area (Å²) < 4.78 is 10.3. The van der Waals surface area contributed by atoms with E-state index in [-0.39, 0.29) is 22.5 Å². The molecule has 0 aromatic heterocycles. The van der Waals surface area contributed by atoms with Gasteiger partial charge < -0.3 is 25.3 Å². The average molecular weight is 287 g/mol. The summed E-state index contributed by atoms with van der Waals surface area (Å²) in [4.78, 5) is 12.1. The van der Waals surface area contributed by atoms with E-state index in [4.69, 9.17) is 25.3 Å².